The van der Waals surface area contributed by atoms with Crippen LogP contribution in [-0.2, 0) is 4.79 Å². The minimum absolute atomic E-state index is 0.00965. The molecule has 0 radical (unpaired) electrons. The molecule has 1 aliphatic rings. The van der Waals surface area contributed by atoms with Crippen LogP contribution in [-0.4, -0.2) is 51.1 Å². The van der Waals surface area contributed by atoms with Gasteiger partial charge in [-0.05, 0) is 36.4 Å². The Morgan fingerprint density at radius 2 is 2.00 bits per heavy atom. The number of carbonyl (C=O) groups excluding carboxylic acids is 2. The monoisotopic (exact) mass is 495 g/mol. The number of pyridine rings is 1. The summed E-state index contributed by atoms with van der Waals surface area (Å²) in [5.41, 5.74) is 0.630. The Kier molecular flexibility index (Phi) is 5.39. The van der Waals surface area contributed by atoms with Crippen LogP contribution in [0.3, 0.4) is 0 Å². The topological polar surface area (TPSA) is 89.4 Å². The lowest BCUT2D eigenvalue weighted by Crippen LogP contribution is -2.30. The minimum Gasteiger partial charge on any atom is -0.406 e. The van der Waals surface area contributed by atoms with Crippen LogP contribution in [0.15, 0.2) is 53.1 Å². The summed E-state index contributed by atoms with van der Waals surface area (Å²) in [4.78, 5) is 29.7. The van der Waals surface area contributed by atoms with Gasteiger partial charge < -0.3 is 15.0 Å². The molecule has 2 amide bonds. The molecule has 0 unspecified atom stereocenters. The van der Waals surface area contributed by atoms with Crippen LogP contribution >= 0.6 is 15.9 Å². The molecule has 1 fully saturated rings. The van der Waals surface area contributed by atoms with Gasteiger partial charge in [0.15, 0.2) is 11.5 Å². The first kappa shape index (κ1) is 20.8. The normalized spacial score (nSPS) is 13.9. The van der Waals surface area contributed by atoms with Crippen molar-refractivity contribution in [1.29, 1.82) is 0 Å². The molecular weight excluding hydrogens is 483 g/mol. The molecule has 4 rings (SSSR count). The summed E-state index contributed by atoms with van der Waals surface area (Å²) >= 11 is 3.18. The van der Waals surface area contributed by atoms with E-state index in [4.69, 9.17) is 0 Å². The zero-order valence-corrected chi connectivity index (χ0v) is 17.1. The van der Waals surface area contributed by atoms with E-state index in [9.17, 15) is 22.8 Å². The summed E-state index contributed by atoms with van der Waals surface area (Å²) in [6.45, 7) is -0.0605. The Bertz CT molecular complexity index is 1150. The van der Waals surface area contributed by atoms with Crippen LogP contribution in [0.5, 0.6) is 5.75 Å². The number of aromatic nitrogens is 3. The smallest absolute Gasteiger partial charge is 0.406 e. The number of ether oxygens (including phenoxy) is 1. The summed E-state index contributed by atoms with van der Waals surface area (Å²) in [5, 5.41) is 6.84. The number of hydrogen-bond donors (Lipinski definition) is 1. The predicted molar refractivity (Wildman–Crippen MR) is 105 cm³/mol. The lowest BCUT2D eigenvalue weighted by molar-refractivity contribution is -0.274. The Morgan fingerprint density at radius 3 is 2.65 bits per heavy atom. The first-order chi connectivity index (χ1) is 14.7. The molecule has 1 saturated heterocycles. The summed E-state index contributed by atoms with van der Waals surface area (Å²) in [5.74, 6) is -0.881. The van der Waals surface area contributed by atoms with Crippen molar-refractivity contribution in [2.24, 2.45) is 0 Å². The number of nitrogens with zero attached hydrogens (tertiary/aromatic N) is 4. The largest absolute Gasteiger partial charge is 0.573 e. The molecular formula is C19H13BrF3N5O3. The summed E-state index contributed by atoms with van der Waals surface area (Å²) in [6, 6.07) is 10.4. The van der Waals surface area contributed by atoms with Crippen molar-refractivity contribution in [2.45, 2.75) is 6.36 Å². The van der Waals surface area contributed by atoms with E-state index in [2.05, 4.69) is 36.1 Å². The van der Waals surface area contributed by atoms with Gasteiger partial charge in [-0.2, -0.15) is 5.10 Å². The highest BCUT2D eigenvalue weighted by atomic mass is 79.9. The van der Waals surface area contributed by atoms with Crippen LogP contribution in [0, 0.1) is 0 Å². The lowest BCUT2D eigenvalue weighted by atomic mass is 10.1. The standard InChI is InChI=1S/C19H13BrF3N5O3/c20-12-5-11(6-13(7-12)31-19(21,22)23)15-8-14(18(30)27-9-17(29)25-10-27)26-28(15)16-3-1-2-4-24-16/h1-8H,9-10H2,(H,25,29). The highest BCUT2D eigenvalue weighted by Crippen LogP contribution is 2.33. The molecule has 160 valence electrons. The van der Waals surface area contributed by atoms with E-state index in [0.717, 1.165) is 0 Å². The van der Waals surface area contributed by atoms with Crippen molar-refractivity contribution in [2.75, 3.05) is 13.2 Å². The third-order valence-corrected chi connectivity index (χ3v) is 4.74. The summed E-state index contributed by atoms with van der Waals surface area (Å²) < 4.78 is 43.9. The van der Waals surface area contributed by atoms with Crippen LogP contribution < -0.4 is 10.1 Å². The van der Waals surface area contributed by atoms with E-state index in [1.54, 1.807) is 24.3 Å². The van der Waals surface area contributed by atoms with Gasteiger partial charge in [-0.3, -0.25) is 9.59 Å². The number of carbonyl (C=O) groups is 2. The number of nitrogens with one attached hydrogen (secondary N) is 1. The average Bonchev–Trinajstić information content (AvgIpc) is 3.33. The highest BCUT2D eigenvalue weighted by molar-refractivity contribution is 9.10. The zero-order chi connectivity index (χ0) is 22.2. The number of benzene rings is 1. The van der Waals surface area contributed by atoms with Crippen LogP contribution in [0.1, 0.15) is 10.5 Å². The molecule has 8 nitrogen and oxygen atoms in total. The van der Waals surface area contributed by atoms with Crippen molar-refractivity contribution in [3.05, 3.63) is 58.8 Å². The van der Waals surface area contributed by atoms with Gasteiger partial charge in [0.1, 0.15) is 12.3 Å². The van der Waals surface area contributed by atoms with E-state index in [-0.39, 0.29) is 24.8 Å². The van der Waals surface area contributed by atoms with E-state index in [1.165, 1.54) is 34.0 Å². The molecule has 2 aromatic heterocycles. The van der Waals surface area contributed by atoms with E-state index in [0.29, 0.717) is 21.5 Å². The quantitative estimate of drug-likeness (QED) is 0.600. The maximum absolute atomic E-state index is 12.8. The molecule has 0 saturated carbocycles. The molecule has 1 aliphatic heterocycles. The van der Waals surface area contributed by atoms with Gasteiger partial charge >= 0.3 is 6.36 Å². The van der Waals surface area contributed by atoms with Gasteiger partial charge in [-0.15, -0.1) is 13.2 Å². The highest BCUT2D eigenvalue weighted by Gasteiger charge is 2.32. The Morgan fingerprint density at radius 1 is 1.19 bits per heavy atom. The van der Waals surface area contributed by atoms with Crippen molar-refractivity contribution in [3.8, 4) is 22.8 Å². The van der Waals surface area contributed by atoms with Gasteiger partial charge in [-0.25, -0.2) is 9.67 Å². The van der Waals surface area contributed by atoms with Crippen molar-refractivity contribution in [1.82, 2.24) is 25.0 Å². The third-order valence-electron chi connectivity index (χ3n) is 4.28. The Labute approximate surface area is 181 Å². The molecule has 0 aliphatic carbocycles. The van der Waals surface area contributed by atoms with Crippen LogP contribution in [0.25, 0.3) is 17.1 Å². The fourth-order valence-electron chi connectivity index (χ4n) is 3.02. The molecule has 1 aromatic carbocycles. The molecule has 1 N–H and O–H groups in total. The van der Waals surface area contributed by atoms with E-state index >= 15 is 0 Å². The summed E-state index contributed by atoms with van der Waals surface area (Å²) in [6.07, 6.45) is -3.35. The zero-order valence-electron chi connectivity index (χ0n) is 15.6. The van der Waals surface area contributed by atoms with Crippen molar-refractivity contribution in [3.63, 3.8) is 0 Å². The first-order valence-corrected chi connectivity index (χ1v) is 9.63. The number of hydrogen-bond acceptors (Lipinski definition) is 5. The molecule has 3 heterocycles. The molecule has 12 heteroatoms. The maximum Gasteiger partial charge on any atom is 0.573 e. The van der Waals surface area contributed by atoms with Gasteiger partial charge in [0.2, 0.25) is 5.91 Å². The molecule has 0 spiro atoms. The third kappa shape index (κ3) is 4.68. The van der Waals surface area contributed by atoms with Gasteiger partial charge in [0, 0.05) is 16.2 Å². The Balaban J connectivity index is 1.80. The second-order valence-electron chi connectivity index (χ2n) is 6.50. The second kappa shape index (κ2) is 8.02. The molecule has 0 bridgehead atoms. The van der Waals surface area contributed by atoms with Crippen molar-refractivity contribution >= 4 is 27.7 Å². The van der Waals surface area contributed by atoms with Gasteiger partial charge in [0.05, 0.1) is 12.4 Å². The van der Waals surface area contributed by atoms with E-state index in [1.807, 2.05) is 0 Å². The molecule has 0 atom stereocenters. The number of rotatable bonds is 4. The fraction of sp³-hybridized carbons (Fsp3) is 0.158. The van der Waals surface area contributed by atoms with Gasteiger partial charge in [0.25, 0.3) is 5.91 Å². The second-order valence-corrected chi connectivity index (χ2v) is 7.41. The van der Waals surface area contributed by atoms with Crippen LogP contribution in [0.2, 0.25) is 0 Å². The molecule has 31 heavy (non-hydrogen) atoms. The van der Waals surface area contributed by atoms with Gasteiger partial charge in [-0.1, -0.05) is 22.0 Å². The number of alkyl halides is 3. The SMILES string of the molecule is O=C1CN(C(=O)c2cc(-c3cc(Br)cc(OC(F)(F)F)c3)n(-c3ccccn3)n2)CN1. The first-order valence-electron chi connectivity index (χ1n) is 8.84. The molecule has 3 aromatic rings. The van der Waals surface area contributed by atoms with Crippen molar-refractivity contribution < 1.29 is 27.5 Å². The fourth-order valence-corrected chi connectivity index (χ4v) is 3.49. The minimum atomic E-state index is -4.87. The predicted octanol–water partition coefficient (Wildman–Crippen LogP) is 3.12. The van der Waals surface area contributed by atoms with E-state index < -0.39 is 18.0 Å². The number of halogens is 4. The maximum atomic E-state index is 12.8. The number of amides is 2. The summed E-state index contributed by atoms with van der Waals surface area (Å²) in [7, 11) is 0. The van der Waals surface area contributed by atoms with Crippen LogP contribution in [0.4, 0.5) is 13.2 Å². The Hall–Kier alpha value is -3.41. The average molecular weight is 496 g/mol. The lowest BCUT2D eigenvalue weighted by Gasteiger charge is -2.12.